The summed E-state index contributed by atoms with van der Waals surface area (Å²) in [4.78, 5) is 13.9. The number of hydrogen-bond donors (Lipinski definition) is 1. The van der Waals surface area contributed by atoms with E-state index in [9.17, 15) is 26.4 Å². The zero-order chi connectivity index (χ0) is 28.6. The number of alkyl halides is 3. The van der Waals surface area contributed by atoms with Gasteiger partial charge in [-0.25, -0.2) is 4.79 Å². The predicted octanol–water partition coefficient (Wildman–Crippen LogP) is 5.17. The molecule has 0 saturated heterocycles. The highest BCUT2D eigenvalue weighted by atomic mass is 32.2. The number of nitrogens with one attached hydrogen (secondary N) is 1. The number of methoxy groups -OCH3 is 3. The summed E-state index contributed by atoms with van der Waals surface area (Å²) < 4.78 is 84.6. The molecule has 0 aliphatic heterocycles. The number of ether oxygens (including phenoxy) is 3. The molecular formula is C26H27F3N2O7S. The van der Waals surface area contributed by atoms with E-state index in [4.69, 9.17) is 18.4 Å². The van der Waals surface area contributed by atoms with E-state index in [0.717, 1.165) is 18.2 Å². The van der Waals surface area contributed by atoms with Crippen molar-refractivity contribution >= 4 is 21.8 Å². The molecule has 39 heavy (non-hydrogen) atoms. The molecule has 2 amide bonds. The Labute approximate surface area is 224 Å². The number of urea groups is 1. The maximum atomic E-state index is 13.0. The summed E-state index contributed by atoms with van der Waals surface area (Å²) >= 11 is 0. The lowest BCUT2D eigenvalue weighted by molar-refractivity contribution is -0.137. The number of benzene rings is 3. The second-order valence-corrected chi connectivity index (χ2v) is 9.66. The Balaban J connectivity index is 1.73. The fourth-order valence-corrected chi connectivity index (χ4v) is 4.40. The van der Waals surface area contributed by atoms with Crippen molar-refractivity contribution in [3.05, 3.63) is 77.9 Å². The molecule has 3 aromatic rings. The van der Waals surface area contributed by atoms with Crippen LogP contribution in [0, 0.1) is 0 Å². The van der Waals surface area contributed by atoms with Crippen LogP contribution in [0.3, 0.4) is 0 Å². The maximum Gasteiger partial charge on any atom is 0.416 e. The van der Waals surface area contributed by atoms with Crippen LogP contribution in [0.25, 0.3) is 0 Å². The van der Waals surface area contributed by atoms with Crippen molar-refractivity contribution < 1.29 is 44.8 Å². The van der Waals surface area contributed by atoms with E-state index in [-0.39, 0.29) is 25.4 Å². The van der Waals surface area contributed by atoms with Crippen molar-refractivity contribution in [3.63, 3.8) is 0 Å². The molecule has 0 spiro atoms. The summed E-state index contributed by atoms with van der Waals surface area (Å²) in [5.41, 5.74) is -0.0507. The SMILES string of the molecule is COCCN(Cc1ccc(OS(=O)(=O)c2cccc(C(F)(F)F)c2)cc1)C(=O)Nc1ccc(OC)cc1OC. The molecule has 0 heterocycles. The van der Waals surface area contributed by atoms with E-state index in [1.54, 1.807) is 18.2 Å². The van der Waals surface area contributed by atoms with Crippen LogP contribution in [-0.4, -0.2) is 53.8 Å². The highest BCUT2D eigenvalue weighted by Crippen LogP contribution is 2.32. The Bertz CT molecular complexity index is 1380. The molecule has 3 rings (SSSR count). The second-order valence-electron chi connectivity index (χ2n) is 8.12. The van der Waals surface area contributed by atoms with Gasteiger partial charge in [-0.05, 0) is 48.0 Å². The summed E-state index contributed by atoms with van der Waals surface area (Å²) in [6, 6.07) is 13.5. The van der Waals surface area contributed by atoms with Crippen LogP contribution in [0.1, 0.15) is 11.1 Å². The van der Waals surface area contributed by atoms with Gasteiger partial charge >= 0.3 is 22.3 Å². The number of carbonyl (C=O) groups excluding carboxylic acids is 1. The van der Waals surface area contributed by atoms with Gasteiger partial charge in [0.25, 0.3) is 0 Å². The largest absolute Gasteiger partial charge is 0.497 e. The summed E-state index contributed by atoms with van der Waals surface area (Å²) in [5.74, 6) is 0.850. The van der Waals surface area contributed by atoms with E-state index >= 15 is 0 Å². The minimum absolute atomic E-state index is 0.105. The lowest BCUT2D eigenvalue weighted by Crippen LogP contribution is -2.36. The minimum Gasteiger partial charge on any atom is -0.497 e. The highest BCUT2D eigenvalue weighted by molar-refractivity contribution is 7.87. The zero-order valence-corrected chi connectivity index (χ0v) is 22.1. The first-order valence-electron chi connectivity index (χ1n) is 11.4. The van der Waals surface area contributed by atoms with Gasteiger partial charge in [0.1, 0.15) is 22.1 Å². The quantitative estimate of drug-likeness (QED) is 0.318. The van der Waals surface area contributed by atoms with Crippen LogP contribution in [0.2, 0.25) is 0 Å². The van der Waals surface area contributed by atoms with Gasteiger partial charge in [0.15, 0.2) is 0 Å². The van der Waals surface area contributed by atoms with Gasteiger partial charge in [-0.15, -0.1) is 0 Å². The van der Waals surface area contributed by atoms with Crippen molar-refractivity contribution in [1.29, 1.82) is 0 Å². The second kappa shape index (κ2) is 12.7. The summed E-state index contributed by atoms with van der Waals surface area (Å²) in [6.45, 7) is 0.626. The first kappa shape index (κ1) is 29.6. The molecule has 13 heteroatoms. The molecule has 9 nitrogen and oxygen atoms in total. The summed E-state index contributed by atoms with van der Waals surface area (Å²) in [6.07, 6.45) is -4.70. The molecule has 0 atom stereocenters. The summed E-state index contributed by atoms with van der Waals surface area (Å²) in [5, 5.41) is 2.78. The van der Waals surface area contributed by atoms with Crippen LogP contribution < -0.4 is 19.0 Å². The van der Waals surface area contributed by atoms with Crippen LogP contribution in [0.4, 0.5) is 23.7 Å². The predicted molar refractivity (Wildman–Crippen MR) is 137 cm³/mol. The molecule has 0 aliphatic rings. The topological polar surface area (TPSA) is 103 Å². The highest BCUT2D eigenvalue weighted by Gasteiger charge is 2.32. The molecule has 0 bridgehead atoms. The molecular weight excluding hydrogens is 541 g/mol. The van der Waals surface area contributed by atoms with Crippen LogP contribution >= 0.6 is 0 Å². The molecule has 1 N–H and O–H groups in total. The Kier molecular flexibility index (Phi) is 9.65. The first-order chi connectivity index (χ1) is 18.5. The first-order valence-corrected chi connectivity index (χ1v) is 12.8. The smallest absolute Gasteiger partial charge is 0.416 e. The zero-order valence-electron chi connectivity index (χ0n) is 21.3. The van der Waals surface area contributed by atoms with Gasteiger partial charge in [0.05, 0.1) is 32.1 Å². The van der Waals surface area contributed by atoms with E-state index < -0.39 is 32.8 Å². The molecule has 0 aliphatic carbocycles. The van der Waals surface area contributed by atoms with Crippen molar-refractivity contribution in [1.82, 2.24) is 4.90 Å². The van der Waals surface area contributed by atoms with Crippen molar-refractivity contribution in [2.45, 2.75) is 17.6 Å². The van der Waals surface area contributed by atoms with E-state index in [0.29, 0.717) is 28.8 Å². The number of nitrogens with zero attached hydrogens (tertiary/aromatic N) is 1. The molecule has 0 saturated carbocycles. The number of rotatable bonds is 11. The van der Waals surface area contributed by atoms with Crippen LogP contribution in [0.15, 0.2) is 71.6 Å². The normalized spacial score (nSPS) is 11.5. The van der Waals surface area contributed by atoms with Crippen LogP contribution in [0.5, 0.6) is 17.2 Å². The number of amides is 2. The number of anilines is 1. The van der Waals surface area contributed by atoms with E-state index in [1.807, 2.05) is 0 Å². The van der Waals surface area contributed by atoms with Gasteiger partial charge < -0.3 is 28.6 Å². The van der Waals surface area contributed by atoms with Gasteiger partial charge in [-0.2, -0.15) is 21.6 Å². The Morgan fingerprint density at radius 3 is 2.23 bits per heavy atom. The number of carbonyl (C=O) groups is 1. The fraction of sp³-hybridized carbons (Fsp3) is 0.269. The Hall–Kier alpha value is -3.97. The van der Waals surface area contributed by atoms with Crippen molar-refractivity contribution in [2.24, 2.45) is 0 Å². The lowest BCUT2D eigenvalue weighted by atomic mass is 10.2. The maximum absolute atomic E-state index is 13.0. The molecule has 3 aromatic carbocycles. The van der Waals surface area contributed by atoms with Crippen molar-refractivity contribution in [2.75, 3.05) is 39.8 Å². The van der Waals surface area contributed by atoms with Gasteiger partial charge in [0.2, 0.25) is 0 Å². The fourth-order valence-electron chi connectivity index (χ4n) is 3.42. The van der Waals surface area contributed by atoms with Crippen molar-refractivity contribution in [3.8, 4) is 17.2 Å². The Morgan fingerprint density at radius 2 is 1.62 bits per heavy atom. The average Bonchev–Trinajstić information content (AvgIpc) is 2.91. The molecule has 0 fully saturated rings. The molecule has 210 valence electrons. The van der Waals surface area contributed by atoms with Gasteiger partial charge in [-0.1, -0.05) is 18.2 Å². The molecule has 0 aromatic heterocycles. The number of halogens is 3. The minimum atomic E-state index is -4.70. The summed E-state index contributed by atoms with van der Waals surface area (Å²) in [7, 11) is -0.0433. The van der Waals surface area contributed by atoms with E-state index in [2.05, 4.69) is 5.32 Å². The van der Waals surface area contributed by atoms with Gasteiger partial charge in [-0.3, -0.25) is 0 Å². The number of hydrogen-bond acceptors (Lipinski definition) is 7. The van der Waals surface area contributed by atoms with Gasteiger partial charge in [0, 0.05) is 26.3 Å². The molecule has 0 radical (unpaired) electrons. The van der Waals surface area contributed by atoms with Crippen LogP contribution in [-0.2, 0) is 27.6 Å². The average molecular weight is 569 g/mol. The standard InChI is InChI=1S/C26H27F3N2O7S/c1-35-14-13-31(25(32)30-23-12-11-21(36-2)16-24(23)37-3)17-18-7-9-20(10-8-18)38-39(33,34)22-6-4-5-19(15-22)26(27,28)29/h4-12,15-16H,13-14,17H2,1-3H3,(H,30,32). The lowest BCUT2D eigenvalue weighted by Gasteiger charge is -2.24. The Morgan fingerprint density at radius 1 is 0.923 bits per heavy atom. The monoisotopic (exact) mass is 568 g/mol. The molecule has 0 unspecified atom stereocenters. The third kappa shape index (κ3) is 8.01. The third-order valence-electron chi connectivity index (χ3n) is 5.46. The van der Waals surface area contributed by atoms with E-state index in [1.165, 1.54) is 50.5 Å². The third-order valence-corrected chi connectivity index (χ3v) is 6.70.